The molecule has 0 saturated heterocycles. The van der Waals surface area contributed by atoms with Gasteiger partial charge in [-0.05, 0) is 25.1 Å². The molecule has 6 nitrogen and oxygen atoms in total. The number of benzene rings is 1. The molecule has 1 atom stereocenters. The van der Waals surface area contributed by atoms with Gasteiger partial charge in [-0.1, -0.05) is 0 Å². The molecule has 1 amide bonds. The van der Waals surface area contributed by atoms with E-state index in [0.29, 0.717) is 0 Å². The van der Waals surface area contributed by atoms with Gasteiger partial charge in [-0.2, -0.15) is 0 Å². The summed E-state index contributed by atoms with van der Waals surface area (Å²) >= 11 is 0. The van der Waals surface area contributed by atoms with E-state index in [-0.39, 0.29) is 36.2 Å². The Balaban J connectivity index is 0.00000361. The van der Waals surface area contributed by atoms with Crippen molar-refractivity contribution in [2.45, 2.75) is 13.0 Å². The molecule has 4 N–H and O–H groups in total. The van der Waals surface area contributed by atoms with Crippen LogP contribution in [0.4, 0.5) is 10.1 Å². The first-order valence-electron chi connectivity index (χ1n) is 5.51. The third kappa shape index (κ3) is 5.72. The summed E-state index contributed by atoms with van der Waals surface area (Å²) in [6.07, 6.45) is 0.945. The number of nitrogens with two attached hydrogens (primary N) is 1. The van der Waals surface area contributed by atoms with Crippen molar-refractivity contribution in [2.24, 2.45) is 5.73 Å². The number of rotatable bonds is 5. The second-order valence-corrected chi connectivity index (χ2v) is 5.92. The molecular weight excluding hydrogens is 309 g/mol. The van der Waals surface area contributed by atoms with Gasteiger partial charge >= 0.3 is 0 Å². The normalized spacial score (nSPS) is 12.2. The molecule has 1 aromatic carbocycles. The van der Waals surface area contributed by atoms with Crippen LogP contribution in [0.15, 0.2) is 18.2 Å². The van der Waals surface area contributed by atoms with Crippen LogP contribution >= 0.6 is 12.4 Å². The van der Waals surface area contributed by atoms with Gasteiger partial charge in [0, 0.05) is 12.6 Å². The van der Waals surface area contributed by atoms with E-state index in [1.54, 1.807) is 6.92 Å². The van der Waals surface area contributed by atoms with Crippen molar-refractivity contribution in [3.05, 3.63) is 29.6 Å². The zero-order valence-corrected chi connectivity index (χ0v) is 12.6. The fourth-order valence-electron chi connectivity index (χ4n) is 1.35. The lowest BCUT2D eigenvalue weighted by molar-refractivity contribution is 0.0941. The summed E-state index contributed by atoms with van der Waals surface area (Å²) in [4.78, 5) is 11.9. The highest BCUT2D eigenvalue weighted by atomic mass is 35.5. The van der Waals surface area contributed by atoms with Crippen molar-refractivity contribution in [1.29, 1.82) is 0 Å². The number of carbonyl (C=O) groups excluding carboxylic acids is 1. The summed E-state index contributed by atoms with van der Waals surface area (Å²) in [6, 6.07) is 2.92. The van der Waals surface area contributed by atoms with Crippen LogP contribution in [-0.4, -0.2) is 33.2 Å². The zero-order valence-electron chi connectivity index (χ0n) is 11.0. The second kappa shape index (κ2) is 7.41. The Morgan fingerprint density at radius 3 is 2.55 bits per heavy atom. The van der Waals surface area contributed by atoms with E-state index in [4.69, 9.17) is 5.73 Å². The monoisotopic (exact) mass is 325 g/mol. The number of carbonyl (C=O) groups is 1. The smallest absolute Gasteiger partial charge is 0.253 e. The molecule has 0 aliphatic carbocycles. The average molecular weight is 326 g/mol. The molecule has 0 spiro atoms. The number of hydrogen-bond acceptors (Lipinski definition) is 4. The molecule has 9 heteroatoms. The first-order chi connectivity index (χ1) is 8.73. The van der Waals surface area contributed by atoms with Crippen molar-refractivity contribution in [1.82, 2.24) is 5.32 Å². The van der Waals surface area contributed by atoms with Gasteiger partial charge in [0.05, 0.1) is 17.5 Å². The predicted octanol–water partition coefficient (Wildman–Crippen LogP) is 0.696. The lowest BCUT2D eigenvalue weighted by Crippen LogP contribution is -2.38. The minimum Gasteiger partial charge on any atom is -0.348 e. The van der Waals surface area contributed by atoms with Crippen LogP contribution in [0.25, 0.3) is 0 Å². The van der Waals surface area contributed by atoms with Gasteiger partial charge in [-0.15, -0.1) is 12.4 Å². The largest absolute Gasteiger partial charge is 0.348 e. The van der Waals surface area contributed by atoms with Crippen LogP contribution in [-0.2, 0) is 10.0 Å². The average Bonchev–Trinajstić information content (AvgIpc) is 2.29. The van der Waals surface area contributed by atoms with Crippen LogP contribution in [0.3, 0.4) is 0 Å². The summed E-state index contributed by atoms with van der Waals surface area (Å²) in [7, 11) is -3.56. The Morgan fingerprint density at radius 1 is 1.45 bits per heavy atom. The number of nitrogens with one attached hydrogen (secondary N) is 2. The third-order valence-corrected chi connectivity index (χ3v) is 2.84. The SMILES string of the molecule is C[C@@H](CN)NC(=O)c1cc(F)ccc1NS(C)(=O)=O.Cl. The van der Waals surface area contributed by atoms with Crippen molar-refractivity contribution >= 4 is 34.0 Å². The summed E-state index contributed by atoms with van der Waals surface area (Å²) < 4.78 is 37.7. The number of amides is 1. The highest BCUT2D eigenvalue weighted by molar-refractivity contribution is 7.92. The maximum Gasteiger partial charge on any atom is 0.253 e. The molecule has 0 radical (unpaired) electrons. The van der Waals surface area contributed by atoms with E-state index >= 15 is 0 Å². The second-order valence-electron chi connectivity index (χ2n) is 4.17. The maximum atomic E-state index is 13.2. The van der Waals surface area contributed by atoms with E-state index in [1.807, 2.05) is 0 Å². The fourth-order valence-corrected chi connectivity index (χ4v) is 1.93. The van der Waals surface area contributed by atoms with Crippen LogP contribution in [0.1, 0.15) is 17.3 Å². The highest BCUT2D eigenvalue weighted by Crippen LogP contribution is 2.18. The Labute approximate surface area is 123 Å². The van der Waals surface area contributed by atoms with E-state index in [2.05, 4.69) is 10.0 Å². The van der Waals surface area contributed by atoms with Crippen LogP contribution < -0.4 is 15.8 Å². The molecule has 1 aromatic rings. The molecule has 1 rings (SSSR count). The van der Waals surface area contributed by atoms with E-state index in [1.165, 1.54) is 6.07 Å². The van der Waals surface area contributed by atoms with Gasteiger partial charge in [0.25, 0.3) is 5.91 Å². The molecule has 0 bridgehead atoms. The molecule has 0 heterocycles. The molecule has 0 aliphatic rings. The van der Waals surface area contributed by atoms with Crippen LogP contribution in [0, 0.1) is 5.82 Å². The Bertz CT molecular complexity index is 580. The topological polar surface area (TPSA) is 101 Å². The molecule has 0 fully saturated rings. The quantitative estimate of drug-likeness (QED) is 0.741. The minimum atomic E-state index is -3.56. The molecule has 0 unspecified atom stereocenters. The van der Waals surface area contributed by atoms with E-state index < -0.39 is 21.7 Å². The van der Waals surface area contributed by atoms with Crippen LogP contribution in [0.5, 0.6) is 0 Å². The maximum absolute atomic E-state index is 13.2. The molecular formula is C11H17ClFN3O3S. The molecule has 114 valence electrons. The molecule has 0 saturated carbocycles. The highest BCUT2D eigenvalue weighted by Gasteiger charge is 2.16. The first-order valence-corrected chi connectivity index (χ1v) is 7.40. The summed E-state index contributed by atoms with van der Waals surface area (Å²) in [6.45, 7) is 1.90. The summed E-state index contributed by atoms with van der Waals surface area (Å²) in [5, 5.41) is 2.53. The molecule has 20 heavy (non-hydrogen) atoms. The van der Waals surface area contributed by atoms with Crippen molar-refractivity contribution in [3.63, 3.8) is 0 Å². The number of sulfonamides is 1. The van der Waals surface area contributed by atoms with Gasteiger partial charge in [0.1, 0.15) is 5.82 Å². The van der Waals surface area contributed by atoms with Gasteiger partial charge in [-0.25, -0.2) is 12.8 Å². The molecule has 0 aliphatic heterocycles. The number of hydrogen-bond donors (Lipinski definition) is 3. The predicted molar refractivity (Wildman–Crippen MR) is 78.1 cm³/mol. The molecule has 0 aromatic heterocycles. The van der Waals surface area contributed by atoms with Gasteiger partial charge in [0.2, 0.25) is 10.0 Å². The summed E-state index contributed by atoms with van der Waals surface area (Å²) in [5.74, 6) is -1.23. The lowest BCUT2D eigenvalue weighted by Gasteiger charge is -2.14. The third-order valence-electron chi connectivity index (χ3n) is 2.25. The fraction of sp³-hybridized carbons (Fsp3) is 0.364. The minimum absolute atomic E-state index is 0. The van der Waals surface area contributed by atoms with Crippen molar-refractivity contribution in [3.8, 4) is 0 Å². The van der Waals surface area contributed by atoms with E-state index in [0.717, 1.165) is 18.4 Å². The van der Waals surface area contributed by atoms with Crippen molar-refractivity contribution in [2.75, 3.05) is 17.5 Å². The van der Waals surface area contributed by atoms with Gasteiger partial charge in [0.15, 0.2) is 0 Å². The van der Waals surface area contributed by atoms with Gasteiger partial charge in [-0.3, -0.25) is 9.52 Å². The lowest BCUT2D eigenvalue weighted by atomic mass is 10.1. The zero-order chi connectivity index (χ0) is 14.6. The van der Waals surface area contributed by atoms with E-state index in [9.17, 15) is 17.6 Å². The van der Waals surface area contributed by atoms with Crippen LogP contribution in [0.2, 0.25) is 0 Å². The van der Waals surface area contributed by atoms with Crippen molar-refractivity contribution < 1.29 is 17.6 Å². The Hall–Kier alpha value is -1.38. The summed E-state index contributed by atoms with van der Waals surface area (Å²) in [5.41, 5.74) is 5.29. The Morgan fingerprint density at radius 2 is 2.05 bits per heavy atom. The standard InChI is InChI=1S/C11H16FN3O3S.ClH/c1-7(6-13)14-11(16)9-5-8(12)3-4-10(9)15-19(2,17)18;/h3-5,7,15H,6,13H2,1-2H3,(H,14,16);1H/t7-;/m0./s1. The first kappa shape index (κ1) is 18.6. The number of halogens is 2. The number of anilines is 1. The van der Waals surface area contributed by atoms with Gasteiger partial charge < -0.3 is 11.1 Å². The Kier molecular flexibility index (Phi) is 6.90.